The number of methoxy groups -OCH3 is 2. The molecule has 1 unspecified atom stereocenters. The first-order valence-electron chi connectivity index (χ1n) is 6.23. The van der Waals surface area contributed by atoms with Gasteiger partial charge in [-0.15, -0.1) is 0 Å². The average molecular weight is 276 g/mol. The van der Waals surface area contributed by atoms with Gasteiger partial charge in [0.1, 0.15) is 23.4 Å². The van der Waals surface area contributed by atoms with Crippen LogP contribution in [0.3, 0.4) is 0 Å². The molecule has 0 aromatic heterocycles. The van der Waals surface area contributed by atoms with Crippen LogP contribution in [-0.2, 0) is 0 Å². The van der Waals surface area contributed by atoms with Crippen molar-refractivity contribution in [2.24, 2.45) is 0 Å². The van der Waals surface area contributed by atoms with Crippen LogP contribution < -0.4 is 9.47 Å². The molecule has 1 N–H and O–H groups in total. The van der Waals surface area contributed by atoms with Gasteiger partial charge >= 0.3 is 0 Å². The lowest BCUT2D eigenvalue weighted by Crippen LogP contribution is -2.05. The van der Waals surface area contributed by atoms with E-state index in [0.29, 0.717) is 17.1 Å². The molecule has 0 radical (unpaired) electrons. The Labute approximate surface area is 117 Å². The molecule has 0 fully saturated rings. The Balaban J connectivity index is 2.45. The smallest absolute Gasteiger partial charge is 0.133 e. The Kier molecular flexibility index (Phi) is 4.25. The van der Waals surface area contributed by atoms with Crippen molar-refractivity contribution < 1.29 is 19.0 Å². The van der Waals surface area contributed by atoms with Crippen molar-refractivity contribution in [2.45, 2.75) is 13.0 Å². The zero-order chi connectivity index (χ0) is 14.7. The van der Waals surface area contributed by atoms with Gasteiger partial charge in [-0.25, -0.2) is 4.39 Å². The Morgan fingerprint density at radius 2 is 1.75 bits per heavy atom. The quantitative estimate of drug-likeness (QED) is 0.931. The molecule has 4 heteroatoms. The molecule has 2 rings (SSSR count). The summed E-state index contributed by atoms with van der Waals surface area (Å²) in [5, 5.41) is 10.4. The predicted octanol–water partition coefficient (Wildman–Crippen LogP) is 3.23. The number of aliphatic hydroxyl groups excluding tert-OH is 1. The summed E-state index contributed by atoms with van der Waals surface area (Å²) in [5.41, 5.74) is 1.69. The molecule has 106 valence electrons. The van der Waals surface area contributed by atoms with E-state index >= 15 is 0 Å². The van der Waals surface area contributed by atoms with Gasteiger partial charge in [0.05, 0.1) is 14.2 Å². The van der Waals surface area contributed by atoms with Crippen LogP contribution in [0.15, 0.2) is 36.4 Å². The van der Waals surface area contributed by atoms with Crippen LogP contribution in [0.4, 0.5) is 4.39 Å². The molecular weight excluding hydrogens is 259 g/mol. The van der Waals surface area contributed by atoms with Crippen LogP contribution in [-0.4, -0.2) is 19.3 Å². The molecule has 0 aliphatic rings. The molecule has 0 saturated carbocycles. The van der Waals surface area contributed by atoms with Crippen molar-refractivity contribution in [1.29, 1.82) is 0 Å². The van der Waals surface area contributed by atoms with E-state index < -0.39 is 11.9 Å². The molecule has 2 aromatic carbocycles. The summed E-state index contributed by atoms with van der Waals surface area (Å²) >= 11 is 0. The van der Waals surface area contributed by atoms with Crippen LogP contribution in [0.1, 0.15) is 22.8 Å². The lowest BCUT2D eigenvalue weighted by molar-refractivity contribution is 0.209. The standard InChI is InChI=1S/C16H17FO3/c1-10-4-7-15(20-3)13(8-10)16(18)12-6-5-11(19-2)9-14(12)17/h4-9,16,18H,1-3H3. The molecule has 0 heterocycles. The minimum absolute atomic E-state index is 0.190. The van der Waals surface area contributed by atoms with Crippen molar-refractivity contribution in [3.63, 3.8) is 0 Å². The molecule has 0 spiro atoms. The Hall–Kier alpha value is -2.07. The van der Waals surface area contributed by atoms with E-state index in [4.69, 9.17) is 9.47 Å². The highest BCUT2D eigenvalue weighted by molar-refractivity contribution is 5.43. The lowest BCUT2D eigenvalue weighted by atomic mass is 9.98. The van der Waals surface area contributed by atoms with Gasteiger partial charge in [-0.3, -0.25) is 0 Å². The van der Waals surface area contributed by atoms with E-state index in [0.717, 1.165) is 5.56 Å². The number of ether oxygens (including phenoxy) is 2. The summed E-state index contributed by atoms with van der Waals surface area (Å²) in [4.78, 5) is 0. The predicted molar refractivity (Wildman–Crippen MR) is 74.7 cm³/mol. The monoisotopic (exact) mass is 276 g/mol. The topological polar surface area (TPSA) is 38.7 Å². The fourth-order valence-corrected chi connectivity index (χ4v) is 2.09. The van der Waals surface area contributed by atoms with Gasteiger partial charge in [-0.05, 0) is 31.2 Å². The van der Waals surface area contributed by atoms with E-state index in [2.05, 4.69) is 0 Å². The van der Waals surface area contributed by atoms with E-state index in [1.807, 2.05) is 13.0 Å². The number of benzene rings is 2. The summed E-state index contributed by atoms with van der Waals surface area (Å²) in [5.74, 6) is 0.424. The van der Waals surface area contributed by atoms with Gasteiger partial charge in [0.15, 0.2) is 0 Å². The van der Waals surface area contributed by atoms with Crippen LogP contribution in [0, 0.1) is 12.7 Å². The van der Waals surface area contributed by atoms with Gasteiger partial charge < -0.3 is 14.6 Å². The fourth-order valence-electron chi connectivity index (χ4n) is 2.09. The second-order valence-electron chi connectivity index (χ2n) is 4.54. The second kappa shape index (κ2) is 5.92. The first kappa shape index (κ1) is 14.3. The molecule has 0 aliphatic carbocycles. The number of hydrogen-bond acceptors (Lipinski definition) is 3. The minimum Gasteiger partial charge on any atom is -0.497 e. The molecule has 2 aromatic rings. The maximum Gasteiger partial charge on any atom is 0.133 e. The van der Waals surface area contributed by atoms with Crippen molar-refractivity contribution in [3.05, 3.63) is 58.9 Å². The van der Waals surface area contributed by atoms with Gasteiger partial charge in [-0.2, -0.15) is 0 Å². The molecule has 0 amide bonds. The summed E-state index contributed by atoms with van der Waals surface area (Å²) < 4.78 is 24.2. The maximum atomic E-state index is 14.0. The molecular formula is C16H17FO3. The molecule has 0 aliphatic heterocycles. The maximum absolute atomic E-state index is 14.0. The van der Waals surface area contributed by atoms with Gasteiger partial charge in [0, 0.05) is 17.2 Å². The molecule has 3 nitrogen and oxygen atoms in total. The third-order valence-electron chi connectivity index (χ3n) is 3.18. The van der Waals surface area contributed by atoms with E-state index in [9.17, 15) is 9.50 Å². The lowest BCUT2D eigenvalue weighted by Gasteiger charge is -2.17. The van der Waals surface area contributed by atoms with Crippen LogP contribution in [0.5, 0.6) is 11.5 Å². The summed E-state index contributed by atoms with van der Waals surface area (Å²) in [6.07, 6.45) is -1.09. The summed E-state index contributed by atoms with van der Waals surface area (Å²) in [7, 11) is 2.99. The first-order chi connectivity index (χ1) is 9.56. The van der Waals surface area contributed by atoms with Crippen molar-refractivity contribution >= 4 is 0 Å². The number of rotatable bonds is 4. The van der Waals surface area contributed by atoms with Crippen LogP contribution in [0.2, 0.25) is 0 Å². The highest BCUT2D eigenvalue weighted by Crippen LogP contribution is 2.33. The molecule has 0 bridgehead atoms. The fraction of sp³-hybridized carbons (Fsp3) is 0.250. The highest BCUT2D eigenvalue weighted by Gasteiger charge is 2.19. The average Bonchev–Trinajstić information content (AvgIpc) is 2.46. The minimum atomic E-state index is -1.09. The summed E-state index contributed by atoms with van der Waals surface area (Å²) in [6.45, 7) is 1.90. The second-order valence-corrected chi connectivity index (χ2v) is 4.54. The molecule has 0 saturated heterocycles. The summed E-state index contributed by atoms with van der Waals surface area (Å²) in [6, 6.07) is 9.80. The van der Waals surface area contributed by atoms with Crippen molar-refractivity contribution in [3.8, 4) is 11.5 Å². The highest BCUT2D eigenvalue weighted by atomic mass is 19.1. The first-order valence-corrected chi connectivity index (χ1v) is 6.23. The third-order valence-corrected chi connectivity index (χ3v) is 3.18. The van der Waals surface area contributed by atoms with Crippen LogP contribution in [0.25, 0.3) is 0 Å². The largest absolute Gasteiger partial charge is 0.497 e. The SMILES string of the molecule is COc1ccc(C(O)c2cc(C)ccc2OC)c(F)c1. The van der Waals surface area contributed by atoms with E-state index in [1.165, 1.54) is 26.4 Å². The Bertz CT molecular complexity index is 611. The van der Waals surface area contributed by atoms with Gasteiger partial charge in [-0.1, -0.05) is 11.6 Å². The zero-order valence-electron chi connectivity index (χ0n) is 11.7. The Morgan fingerprint density at radius 3 is 2.35 bits per heavy atom. The normalized spacial score (nSPS) is 12.1. The third kappa shape index (κ3) is 2.75. The number of aliphatic hydroxyl groups is 1. The Morgan fingerprint density at radius 1 is 1.00 bits per heavy atom. The number of halogens is 1. The van der Waals surface area contributed by atoms with E-state index in [1.54, 1.807) is 18.2 Å². The van der Waals surface area contributed by atoms with Crippen LogP contribution >= 0.6 is 0 Å². The number of hydrogen-bond donors (Lipinski definition) is 1. The van der Waals surface area contributed by atoms with Gasteiger partial charge in [0.25, 0.3) is 0 Å². The molecule has 20 heavy (non-hydrogen) atoms. The van der Waals surface area contributed by atoms with Gasteiger partial charge in [0.2, 0.25) is 0 Å². The van der Waals surface area contributed by atoms with Crippen molar-refractivity contribution in [1.82, 2.24) is 0 Å². The number of aryl methyl sites for hydroxylation is 1. The van der Waals surface area contributed by atoms with E-state index in [-0.39, 0.29) is 5.56 Å². The van der Waals surface area contributed by atoms with Crippen molar-refractivity contribution in [2.75, 3.05) is 14.2 Å². The molecule has 1 atom stereocenters. The zero-order valence-corrected chi connectivity index (χ0v) is 11.7.